The first kappa shape index (κ1) is 71.6. The molecule has 7 aliphatic rings. The first-order valence-corrected chi connectivity index (χ1v) is 36.1. The topological polar surface area (TPSA) is 381 Å². The number of aliphatic carboxylic acids is 1. The van der Waals surface area contributed by atoms with E-state index in [-0.39, 0.29) is 92.0 Å². The SMILES string of the molecule is Cc1c(-c2ccc(N3CCc4cccc(C(=O)Nc5nc6ccccc6s5)c4C3)nc2C(=O)O)cnn1CC12CC3(C)CC(C)(C1)CC(OCCN(C)C(=O)OCc1ccc(CCCCNC(=O)CN4C(=O)CC[C@H]4COCCS(=O)(=O)O)cc1O[C@@H]1O[C@H](C(=O)O)[C@H](O)[C@H](O)[C@H]1O)(C3)C2. The van der Waals surface area contributed by atoms with E-state index in [1.807, 2.05) is 59.0 Å². The molecule has 0 spiro atoms. The lowest BCUT2D eigenvalue weighted by Crippen LogP contribution is -2.64. The van der Waals surface area contributed by atoms with Crippen LogP contribution >= 0.6 is 11.3 Å². The van der Waals surface area contributed by atoms with Crippen LogP contribution < -0.4 is 20.3 Å². The number of ether oxygens (including phenoxy) is 5. The van der Waals surface area contributed by atoms with Gasteiger partial charge in [0.2, 0.25) is 18.1 Å². The van der Waals surface area contributed by atoms with Crippen LogP contribution in [0.4, 0.5) is 15.7 Å². The number of likely N-dealkylation sites (tertiary alicyclic amines) is 1. The highest BCUT2D eigenvalue weighted by atomic mass is 32.2. The van der Waals surface area contributed by atoms with E-state index in [1.165, 1.54) is 21.1 Å². The third-order valence-electron chi connectivity index (χ3n) is 20.4. The van der Waals surface area contributed by atoms with E-state index < -0.39 is 82.2 Å². The molecule has 8 atom stereocenters. The van der Waals surface area contributed by atoms with Gasteiger partial charge in [0.15, 0.2) is 16.9 Å². The fourth-order valence-corrected chi connectivity index (χ4v) is 18.1. The molecule has 6 heterocycles. The van der Waals surface area contributed by atoms with Gasteiger partial charge in [0.05, 0.1) is 60.2 Å². The second kappa shape index (κ2) is 29.0. The number of nitrogens with one attached hydrogen (secondary N) is 2. The Balaban J connectivity index is 0.662. The maximum Gasteiger partial charge on any atom is 0.409 e. The van der Waals surface area contributed by atoms with Crippen molar-refractivity contribution in [3.05, 3.63) is 118 Å². The van der Waals surface area contributed by atoms with Crippen LogP contribution in [-0.4, -0.2) is 205 Å². The summed E-state index contributed by atoms with van der Waals surface area (Å²) in [5.41, 5.74) is 5.17. The summed E-state index contributed by atoms with van der Waals surface area (Å²) in [6, 6.07) is 21.6. The van der Waals surface area contributed by atoms with Crippen LogP contribution in [0.5, 0.6) is 5.75 Å². The molecule has 13 rings (SSSR count). The maximum atomic E-state index is 13.8. The van der Waals surface area contributed by atoms with Gasteiger partial charge in [-0.1, -0.05) is 61.6 Å². The van der Waals surface area contributed by atoms with Crippen molar-refractivity contribution in [2.75, 3.05) is 69.0 Å². The van der Waals surface area contributed by atoms with Gasteiger partial charge >= 0.3 is 18.0 Å². The highest BCUT2D eigenvalue weighted by molar-refractivity contribution is 7.85. The molecule has 30 heteroatoms. The minimum absolute atomic E-state index is 0.00368. The number of pyridine rings is 1. The smallest absolute Gasteiger partial charge is 0.409 e. The fraction of sp³-hybridized carbons (Fsp3) is 0.529. The Bertz CT molecular complexity index is 4170. The average molecular weight is 1420 g/mol. The summed E-state index contributed by atoms with van der Waals surface area (Å²) in [6.07, 6.45) is -0.415. The summed E-state index contributed by atoms with van der Waals surface area (Å²) in [5.74, 6) is -3.78. The Hall–Kier alpha value is -8.20. The van der Waals surface area contributed by atoms with E-state index in [4.69, 9.17) is 38.3 Å². The average Bonchev–Trinajstić information content (AvgIpc) is 1.10. The fourth-order valence-electron chi connectivity index (χ4n) is 16.9. The van der Waals surface area contributed by atoms with E-state index in [9.17, 15) is 62.7 Å². The number of anilines is 2. The largest absolute Gasteiger partial charge is 0.479 e. The maximum absolute atomic E-state index is 13.8. The number of benzene rings is 3. The molecule has 4 saturated carbocycles. The molecule has 8 N–H and O–H groups in total. The van der Waals surface area contributed by atoms with Gasteiger partial charge in [-0.15, -0.1) is 0 Å². The number of hydrogen-bond donors (Lipinski definition) is 8. The second-order valence-electron chi connectivity index (χ2n) is 28.6. The molecule has 3 aromatic carbocycles. The Kier molecular flexibility index (Phi) is 20.8. The minimum atomic E-state index is -4.22. The van der Waals surface area contributed by atoms with Crippen LogP contribution in [-0.2, 0) is 76.0 Å². The number of carbonyl (C=O) groups is 6. The van der Waals surface area contributed by atoms with Gasteiger partial charge in [-0.05, 0) is 147 Å². The van der Waals surface area contributed by atoms with E-state index in [2.05, 4.69) is 29.5 Å². The van der Waals surface area contributed by atoms with Crippen molar-refractivity contribution in [3.63, 3.8) is 0 Å². The minimum Gasteiger partial charge on any atom is -0.479 e. The number of carboxylic acids is 2. The Morgan fingerprint density at radius 2 is 1.65 bits per heavy atom. The number of para-hydroxylation sites is 1. The van der Waals surface area contributed by atoms with E-state index >= 15 is 0 Å². The van der Waals surface area contributed by atoms with Crippen LogP contribution in [0.25, 0.3) is 21.3 Å². The van der Waals surface area contributed by atoms with Crippen molar-refractivity contribution in [2.24, 2.45) is 16.2 Å². The zero-order valence-electron chi connectivity index (χ0n) is 56.2. The summed E-state index contributed by atoms with van der Waals surface area (Å²) >= 11 is 1.40. The van der Waals surface area contributed by atoms with Gasteiger partial charge in [-0.3, -0.25) is 28.9 Å². The molecule has 3 aromatic heterocycles. The first-order valence-electron chi connectivity index (χ1n) is 33.7. The summed E-state index contributed by atoms with van der Waals surface area (Å²) < 4.78 is 63.7. The molecule has 4 amide bonds. The Labute approximate surface area is 581 Å². The second-order valence-corrected chi connectivity index (χ2v) is 31.2. The van der Waals surface area contributed by atoms with Crippen molar-refractivity contribution in [3.8, 4) is 16.9 Å². The summed E-state index contributed by atoms with van der Waals surface area (Å²) in [6.45, 7) is 7.92. The molecule has 4 aliphatic carbocycles. The normalized spacial score (nSPS) is 26.2. The van der Waals surface area contributed by atoms with Crippen molar-refractivity contribution < 1.29 is 91.0 Å². The predicted octanol–water partition coefficient (Wildman–Crippen LogP) is 6.39. The number of rotatable bonds is 28. The number of aliphatic hydroxyl groups is 3. The molecule has 0 radical (unpaired) electrons. The highest BCUT2D eigenvalue weighted by Crippen LogP contribution is 2.72. The number of aryl methyl sites for hydroxylation is 1. The van der Waals surface area contributed by atoms with Crippen LogP contribution in [0, 0.1) is 23.2 Å². The van der Waals surface area contributed by atoms with Gasteiger partial charge in [0.25, 0.3) is 16.0 Å². The summed E-state index contributed by atoms with van der Waals surface area (Å²) in [7, 11) is -2.62. The molecule has 4 bridgehead atoms. The number of aromatic nitrogens is 4. The third kappa shape index (κ3) is 15.9. The molecule has 100 heavy (non-hydrogen) atoms. The van der Waals surface area contributed by atoms with Gasteiger partial charge in [-0.2, -0.15) is 13.5 Å². The van der Waals surface area contributed by atoms with E-state index in [1.54, 1.807) is 43.6 Å². The number of nitrogens with zero attached hydrogens (tertiary/aromatic N) is 7. The Morgan fingerprint density at radius 3 is 2.40 bits per heavy atom. The number of aromatic carboxylic acids is 1. The number of aliphatic hydroxyl groups excluding tert-OH is 3. The lowest BCUT2D eigenvalue weighted by atomic mass is 9.39. The lowest BCUT2D eigenvalue weighted by molar-refractivity contribution is -0.271. The molecule has 2 unspecified atom stereocenters. The van der Waals surface area contributed by atoms with Crippen molar-refractivity contribution in [1.29, 1.82) is 0 Å². The number of thiazole rings is 1. The van der Waals surface area contributed by atoms with Crippen molar-refractivity contribution >= 4 is 78.4 Å². The summed E-state index contributed by atoms with van der Waals surface area (Å²) in [4.78, 5) is 92.4. The quantitative estimate of drug-likeness (QED) is 0.0195. The zero-order chi connectivity index (χ0) is 71.1. The molecule has 6 fully saturated rings. The predicted molar refractivity (Wildman–Crippen MR) is 363 cm³/mol. The van der Waals surface area contributed by atoms with E-state index in [0.717, 1.165) is 65.6 Å². The third-order valence-corrected chi connectivity index (χ3v) is 22.1. The van der Waals surface area contributed by atoms with Crippen molar-refractivity contribution in [2.45, 2.75) is 160 Å². The standard InChI is InChI=1S/C70H85N9O19S2/c1-41-48(46-18-19-53(74-56(46)62(86)87)77-23-21-43-11-9-12-47(49(43)30-77)61(85)75-65-73-50-13-5-6-14-52(50)99-65)29-72-79(41)40-69-35-67(2)34-68(3,36-69)38-70(37-67,39-69)96-25-24-76(4)66(90)95-32-44-16-15-42(28-51(44)97-64-59(84)57(82)58(83)60(98-64)63(88)89)10-7-8-22-71-54(80)31-78-45(17-20-55(78)81)33-94-26-27-100(91,92)93/h5-6,9,11-16,18-19,28-29,45,57-60,64,82-84H,7-8,10,17,20-27,30-40H2,1-4H3,(H,71,80)(H,86,87)(H,88,89)(H,73,75,85)(H,91,92,93)/t45-,57-,58+,59+,60-,64+,67?,68?,69?,70?/m0/s1. The molecule has 6 aromatic rings. The molecule has 28 nitrogen and oxygen atoms in total. The highest BCUT2D eigenvalue weighted by Gasteiger charge is 2.66. The number of carboxylic acid groups (broad SMARTS) is 2. The zero-order valence-corrected chi connectivity index (χ0v) is 57.8. The van der Waals surface area contributed by atoms with Gasteiger partial charge in [0, 0.05) is 74.1 Å². The number of unbranched alkanes of at least 4 members (excludes halogenated alkanes) is 1. The van der Waals surface area contributed by atoms with Gasteiger partial charge in [0.1, 0.15) is 36.5 Å². The van der Waals surface area contributed by atoms with Crippen LogP contribution in [0.15, 0.2) is 79.0 Å². The van der Waals surface area contributed by atoms with E-state index in [0.29, 0.717) is 90.5 Å². The number of fused-ring (bicyclic) bond motifs is 2. The molecule has 536 valence electrons. The summed E-state index contributed by atoms with van der Waals surface area (Å²) in [5, 5.41) is 63.7. The van der Waals surface area contributed by atoms with Crippen molar-refractivity contribution in [1.82, 2.24) is 34.9 Å². The number of hydrogen-bond acceptors (Lipinski definition) is 21. The molecule has 2 saturated heterocycles. The molecular weight excluding hydrogens is 1330 g/mol. The number of likely N-dealkylation sites (N-methyl/N-ethyl adjacent to an activating group) is 1. The molecule has 3 aliphatic heterocycles. The lowest BCUT2D eigenvalue weighted by Gasteiger charge is -2.69. The first-order chi connectivity index (χ1) is 47.6. The Morgan fingerprint density at radius 1 is 0.870 bits per heavy atom. The van der Waals surface area contributed by atoms with Gasteiger partial charge in [-0.25, -0.2) is 24.4 Å². The monoisotopic (exact) mass is 1420 g/mol. The molecular formula is C70H85N9O19S2. The van der Waals surface area contributed by atoms with Gasteiger partial charge < -0.3 is 69.2 Å². The van der Waals surface area contributed by atoms with Crippen LogP contribution in [0.3, 0.4) is 0 Å². The van der Waals surface area contributed by atoms with Crippen LogP contribution in [0.2, 0.25) is 0 Å². The van der Waals surface area contributed by atoms with Crippen LogP contribution in [0.1, 0.15) is 127 Å². The number of amides is 4. The number of carbonyl (C=O) groups excluding carboxylic acids is 4.